The number of thioether (sulfide) groups is 1. The second-order valence-electron chi connectivity index (χ2n) is 4.22. The molecule has 1 heterocycles. The van der Waals surface area contributed by atoms with E-state index in [1.54, 1.807) is 18.2 Å². The Morgan fingerprint density at radius 1 is 1.47 bits per heavy atom. The van der Waals surface area contributed by atoms with Gasteiger partial charge in [-0.15, -0.1) is 0 Å². The van der Waals surface area contributed by atoms with Crippen molar-refractivity contribution in [2.24, 2.45) is 5.92 Å². The van der Waals surface area contributed by atoms with Crippen LogP contribution < -0.4 is 0 Å². The number of benzene rings is 1. The number of rotatable bonds is 3. The van der Waals surface area contributed by atoms with E-state index < -0.39 is 5.97 Å². The monoisotopic (exact) mass is 250 g/mol. The van der Waals surface area contributed by atoms with E-state index >= 15 is 0 Å². The van der Waals surface area contributed by atoms with Crippen LogP contribution in [0.25, 0.3) is 0 Å². The molecular weight excluding hydrogens is 236 g/mol. The Labute approximate surface area is 104 Å². The summed E-state index contributed by atoms with van der Waals surface area (Å²) in [4.78, 5) is 22.5. The molecule has 0 aromatic heterocycles. The van der Waals surface area contributed by atoms with E-state index in [9.17, 15) is 9.59 Å². The maximum atomic E-state index is 11.7. The Morgan fingerprint density at radius 3 is 3.00 bits per heavy atom. The molecule has 1 atom stereocenters. The van der Waals surface area contributed by atoms with Crippen molar-refractivity contribution in [3.63, 3.8) is 0 Å². The van der Waals surface area contributed by atoms with Crippen LogP contribution in [0.3, 0.4) is 0 Å². The summed E-state index contributed by atoms with van der Waals surface area (Å²) in [6.07, 6.45) is 2.65. The van der Waals surface area contributed by atoms with Crippen LogP contribution in [0.4, 0.5) is 0 Å². The molecule has 0 unspecified atom stereocenters. The minimum atomic E-state index is -0.920. The summed E-state index contributed by atoms with van der Waals surface area (Å²) in [6.45, 7) is 0. The van der Waals surface area contributed by atoms with Crippen molar-refractivity contribution in [1.29, 1.82) is 0 Å². The van der Waals surface area contributed by atoms with Crippen LogP contribution in [-0.4, -0.2) is 21.9 Å². The minimum absolute atomic E-state index is 0.0535. The maximum absolute atomic E-state index is 11.7. The van der Waals surface area contributed by atoms with Crippen molar-refractivity contribution in [3.05, 3.63) is 35.4 Å². The van der Waals surface area contributed by atoms with Gasteiger partial charge in [-0.05, 0) is 37.0 Å². The molecule has 1 aliphatic rings. The number of carbonyl (C=O) groups excluding carboxylic acids is 1. The lowest BCUT2D eigenvalue weighted by molar-refractivity contribution is -0.114. The van der Waals surface area contributed by atoms with Gasteiger partial charge in [-0.1, -0.05) is 23.9 Å². The van der Waals surface area contributed by atoms with Crippen molar-refractivity contribution >= 4 is 22.8 Å². The largest absolute Gasteiger partial charge is 0.478 e. The van der Waals surface area contributed by atoms with Crippen molar-refractivity contribution in [3.8, 4) is 0 Å². The standard InChI is InChI=1S/C13H14O3S/c14-12(15)10-4-1-3-9(7-10)8-11-5-2-6-17-13(11)16/h1,3-4,7,11H,2,5-6,8H2,(H,14,15)/t11-/m0/s1. The fourth-order valence-corrected chi connectivity index (χ4v) is 2.99. The molecular formula is C13H14O3S. The van der Waals surface area contributed by atoms with Gasteiger partial charge in [-0.2, -0.15) is 0 Å². The van der Waals surface area contributed by atoms with Crippen molar-refractivity contribution in [2.45, 2.75) is 19.3 Å². The first-order chi connectivity index (χ1) is 8.16. The highest BCUT2D eigenvalue weighted by Crippen LogP contribution is 2.27. The molecule has 2 rings (SSSR count). The predicted octanol–water partition coefficient (Wildman–Crippen LogP) is 2.60. The van der Waals surface area contributed by atoms with Crippen LogP contribution in [0.5, 0.6) is 0 Å². The van der Waals surface area contributed by atoms with Gasteiger partial charge in [0.25, 0.3) is 0 Å². The van der Waals surface area contributed by atoms with Gasteiger partial charge in [0.15, 0.2) is 5.12 Å². The number of aromatic carboxylic acids is 1. The van der Waals surface area contributed by atoms with Crippen LogP contribution in [0.1, 0.15) is 28.8 Å². The van der Waals surface area contributed by atoms with Gasteiger partial charge in [0.1, 0.15) is 0 Å². The molecule has 0 saturated carbocycles. The van der Waals surface area contributed by atoms with Crippen molar-refractivity contribution in [1.82, 2.24) is 0 Å². The molecule has 3 nitrogen and oxygen atoms in total. The number of hydrogen-bond donors (Lipinski definition) is 1. The lowest BCUT2D eigenvalue weighted by Crippen LogP contribution is -2.19. The second kappa shape index (κ2) is 5.36. The molecule has 0 radical (unpaired) electrons. The summed E-state index contributed by atoms with van der Waals surface area (Å²) in [5.74, 6) is 0.0545. The average molecular weight is 250 g/mol. The number of carboxylic acids is 1. The molecule has 1 fully saturated rings. The van der Waals surface area contributed by atoms with E-state index in [-0.39, 0.29) is 11.0 Å². The summed E-state index contributed by atoms with van der Waals surface area (Å²) in [5.41, 5.74) is 1.23. The maximum Gasteiger partial charge on any atom is 0.335 e. The highest BCUT2D eigenvalue weighted by molar-refractivity contribution is 8.13. The van der Waals surface area contributed by atoms with Crippen LogP contribution in [-0.2, 0) is 11.2 Å². The number of hydrogen-bond acceptors (Lipinski definition) is 3. The van der Waals surface area contributed by atoms with Gasteiger partial charge in [0.05, 0.1) is 5.56 Å². The van der Waals surface area contributed by atoms with Crippen LogP contribution in [0.2, 0.25) is 0 Å². The van der Waals surface area contributed by atoms with Gasteiger partial charge in [0, 0.05) is 11.7 Å². The third-order valence-electron chi connectivity index (χ3n) is 2.93. The third kappa shape index (κ3) is 3.09. The van der Waals surface area contributed by atoms with Crippen molar-refractivity contribution < 1.29 is 14.7 Å². The molecule has 17 heavy (non-hydrogen) atoms. The first-order valence-corrected chi connectivity index (χ1v) is 6.64. The summed E-state index contributed by atoms with van der Waals surface area (Å²) >= 11 is 1.40. The molecule has 4 heteroatoms. The molecule has 0 aliphatic carbocycles. The lowest BCUT2D eigenvalue weighted by atomic mass is 9.95. The first-order valence-electron chi connectivity index (χ1n) is 5.65. The molecule has 90 valence electrons. The van der Waals surface area contributed by atoms with Gasteiger partial charge in [-0.3, -0.25) is 4.79 Å². The first kappa shape index (κ1) is 12.2. The zero-order valence-electron chi connectivity index (χ0n) is 9.39. The fourth-order valence-electron chi connectivity index (χ4n) is 2.04. The zero-order valence-corrected chi connectivity index (χ0v) is 10.2. The molecule has 0 amide bonds. The highest BCUT2D eigenvalue weighted by atomic mass is 32.2. The van der Waals surface area contributed by atoms with Gasteiger partial charge in [0.2, 0.25) is 0 Å². The Kier molecular flexibility index (Phi) is 3.84. The summed E-state index contributed by atoms with van der Waals surface area (Å²) in [5, 5.41) is 9.14. The third-order valence-corrected chi connectivity index (χ3v) is 4.04. The summed E-state index contributed by atoms with van der Waals surface area (Å²) < 4.78 is 0. The molecule has 0 spiro atoms. The molecule has 1 aromatic rings. The van der Waals surface area contributed by atoms with Gasteiger partial charge in [-0.25, -0.2) is 4.79 Å². The molecule has 0 bridgehead atoms. The average Bonchev–Trinajstić information content (AvgIpc) is 2.32. The molecule has 1 N–H and O–H groups in total. The quantitative estimate of drug-likeness (QED) is 0.896. The molecule has 1 aromatic carbocycles. The van der Waals surface area contributed by atoms with Gasteiger partial charge < -0.3 is 5.11 Å². The SMILES string of the molecule is O=C(O)c1cccc(C[C@@H]2CCCSC2=O)c1. The molecule has 1 aliphatic heterocycles. The van der Waals surface area contributed by atoms with Crippen LogP contribution >= 0.6 is 11.8 Å². The number of carboxylic acid groups (broad SMARTS) is 1. The number of carbonyl (C=O) groups is 2. The van der Waals surface area contributed by atoms with Crippen molar-refractivity contribution in [2.75, 3.05) is 5.75 Å². The van der Waals surface area contributed by atoms with E-state index in [0.717, 1.165) is 24.2 Å². The van der Waals surface area contributed by atoms with E-state index in [4.69, 9.17) is 5.11 Å². The minimum Gasteiger partial charge on any atom is -0.478 e. The van der Waals surface area contributed by atoms with E-state index in [0.29, 0.717) is 12.0 Å². The van der Waals surface area contributed by atoms with E-state index in [2.05, 4.69) is 0 Å². The van der Waals surface area contributed by atoms with Crippen LogP contribution in [0, 0.1) is 5.92 Å². The second-order valence-corrected chi connectivity index (χ2v) is 5.32. The zero-order chi connectivity index (χ0) is 12.3. The smallest absolute Gasteiger partial charge is 0.335 e. The summed E-state index contributed by atoms with van der Waals surface area (Å²) in [7, 11) is 0. The lowest BCUT2D eigenvalue weighted by Gasteiger charge is -2.19. The molecule has 1 saturated heterocycles. The Balaban J connectivity index is 2.09. The highest BCUT2D eigenvalue weighted by Gasteiger charge is 2.23. The van der Waals surface area contributed by atoms with E-state index in [1.165, 1.54) is 11.8 Å². The Morgan fingerprint density at radius 2 is 2.29 bits per heavy atom. The Hall–Kier alpha value is -1.29. The summed E-state index contributed by atoms with van der Waals surface area (Å²) in [6, 6.07) is 6.86. The van der Waals surface area contributed by atoms with E-state index in [1.807, 2.05) is 6.07 Å². The topological polar surface area (TPSA) is 54.4 Å². The Bertz CT molecular complexity index is 442. The fraction of sp³-hybridized carbons (Fsp3) is 0.385. The normalized spacial score (nSPS) is 20.2. The van der Waals surface area contributed by atoms with Gasteiger partial charge >= 0.3 is 5.97 Å². The van der Waals surface area contributed by atoms with Crippen LogP contribution in [0.15, 0.2) is 24.3 Å². The predicted molar refractivity (Wildman–Crippen MR) is 67.3 cm³/mol.